The van der Waals surface area contributed by atoms with E-state index in [0.717, 1.165) is 28.8 Å². The molecule has 9 heteroatoms. The number of amides is 1. The van der Waals surface area contributed by atoms with E-state index in [4.69, 9.17) is 9.47 Å². The molecule has 0 bridgehead atoms. The summed E-state index contributed by atoms with van der Waals surface area (Å²) < 4.78 is 52.4. The summed E-state index contributed by atoms with van der Waals surface area (Å²) in [6, 6.07) is 16.2. The van der Waals surface area contributed by atoms with Crippen molar-refractivity contribution in [1.82, 2.24) is 9.62 Å². The highest BCUT2D eigenvalue weighted by Gasteiger charge is 2.40. The lowest BCUT2D eigenvalue weighted by Gasteiger charge is -2.35. The maximum absolute atomic E-state index is 13.5. The first-order chi connectivity index (χ1) is 16.3. The number of rotatable bonds is 5. The van der Waals surface area contributed by atoms with Crippen LogP contribution in [0.2, 0.25) is 0 Å². The van der Waals surface area contributed by atoms with Gasteiger partial charge in [0, 0.05) is 6.54 Å². The molecule has 1 amide bonds. The summed E-state index contributed by atoms with van der Waals surface area (Å²) >= 11 is 0. The van der Waals surface area contributed by atoms with Gasteiger partial charge in [-0.2, -0.15) is 4.31 Å². The van der Waals surface area contributed by atoms with E-state index in [1.807, 2.05) is 37.3 Å². The third kappa shape index (κ3) is 4.12. The Morgan fingerprint density at radius 2 is 1.74 bits per heavy atom. The van der Waals surface area contributed by atoms with Gasteiger partial charge in [-0.15, -0.1) is 0 Å². The zero-order valence-electron chi connectivity index (χ0n) is 18.4. The maximum Gasteiger partial charge on any atom is 0.244 e. The standard InChI is InChI=1S/C25H23FN2O5S/c1-16(17-6-11-23-24(13-17)33-15-32-23)27-25(29)22-12-18-4-2-3-5-19(18)14-28(22)34(30,31)21-9-7-20(26)8-10-21/h2-11,13,16,22H,12,14-15H2,1H3,(H,27,29)/t16-,22-/m1/s1. The van der Waals surface area contributed by atoms with Gasteiger partial charge in [-0.3, -0.25) is 4.79 Å². The molecule has 0 spiro atoms. The molecule has 0 aromatic heterocycles. The van der Waals surface area contributed by atoms with E-state index in [2.05, 4.69) is 5.32 Å². The number of hydrogen-bond donors (Lipinski definition) is 1. The van der Waals surface area contributed by atoms with Gasteiger partial charge in [0.25, 0.3) is 0 Å². The minimum Gasteiger partial charge on any atom is -0.454 e. The van der Waals surface area contributed by atoms with E-state index in [1.54, 1.807) is 12.1 Å². The Kier molecular flexibility index (Phi) is 5.75. The molecule has 0 saturated heterocycles. The number of hydrogen-bond acceptors (Lipinski definition) is 5. The molecule has 0 fully saturated rings. The van der Waals surface area contributed by atoms with E-state index in [-0.39, 0.29) is 24.7 Å². The number of benzene rings is 3. The van der Waals surface area contributed by atoms with Crippen molar-refractivity contribution in [3.8, 4) is 11.5 Å². The van der Waals surface area contributed by atoms with Crippen LogP contribution in [0.15, 0.2) is 71.6 Å². The van der Waals surface area contributed by atoms with Gasteiger partial charge in [0.15, 0.2) is 11.5 Å². The predicted molar refractivity (Wildman–Crippen MR) is 122 cm³/mol. The maximum atomic E-state index is 13.5. The van der Waals surface area contributed by atoms with Crippen LogP contribution in [-0.4, -0.2) is 31.5 Å². The van der Waals surface area contributed by atoms with Crippen molar-refractivity contribution in [2.24, 2.45) is 0 Å². The van der Waals surface area contributed by atoms with Crippen LogP contribution < -0.4 is 14.8 Å². The fourth-order valence-corrected chi connectivity index (χ4v) is 5.86. The van der Waals surface area contributed by atoms with Gasteiger partial charge >= 0.3 is 0 Å². The fraction of sp³-hybridized carbons (Fsp3) is 0.240. The average molecular weight is 483 g/mol. The molecule has 5 rings (SSSR count). The highest BCUT2D eigenvalue weighted by atomic mass is 32.2. The Morgan fingerprint density at radius 1 is 1.03 bits per heavy atom. The molecule has 3 aromatic rings. The van der Waals surface area contributed by atoms with Crippen LogP contribution in [0.3, 0.4) is 0 Å². The van der Waals surface area contributed by atoms with E-state index in [9.17, 15) is 17.6 Å². The number of ether oxygens (including phenoxy) is 2. The SMILES string of the molecule is C[C@@H](NC(=O)[C@H]1Cc2ccccc2CN1S(=O)(=O)c1ccc(F)cc1)c1ccc2c(c1)OCO2. The molecule has 176 valence electrons. The molecule has 0 radical (unpaired) electrons. The molecule has 7 nitrogen and oxygen atoms in total. The van der Waals surface area contributed by atoms with Gasteiger partial charge in [-0.1, -0.05) is 30.3 Å². The number of carbonyl (C=O) groups is 1. The Labute approximate surface area is 197 Å². The lowest BCUT2D eigenvalue weighted by Crippen LogP contribution is -2.52. The van der Waals surface area contributed by atoms with Crippen molar-refractivity contribution in [2.45, 2.75) is 36.9 Å². The van der Waals surface area contributed by atoms with Crippen LogP contribution >= 0.6 is 0 Å². The van der Waals surface area contributed by atoms with Gasteiger partial charge in [-0.05, 0) is 66.4 Å². The quantitative estimate of drug-likeness (QED) is 0.601. The van der Waals surface area contributed by atoms with Crippen molar-refractivity contribution in [2.75, 3.05) is 6.79 Å². The summed E-state index contributed by atoms with van der Waals surface area (Å²) in [4.78, 5) is 13.4. The monoisotopic (exact) mass is 482 g/mol. The molecule has 0 saturated carbocycles. The first kappa shape index (κ1) is 22.4. The third-order valence-electron chi connectivity index (χ3n) is 6.18. The topological polar surface area (TPSA) is 84.9 Å². The zero-order valence-corrected chi connectivity index (χ0v) is 19.2. The summed E-state index contributed by atoms with van der Waals surface area (Å²) in [6.45, 7) is 2.02. The second kappa shape index (κ2) is 8.73. The molecule has 0 unspecified atom stereocenters. The van der Waals surface area contributed by atoms with Crippen LogP contribution in [0.4, 0.5) is 4.39 Å². The Balaban J connectivity index is 1.44. The Bertz CT molecular complexity index is 1340. The minimum absolute atomic E-state index is 0.0480. The van der Waals surface area contributed by atoms with E-state index in [0.29, 0.717) is 11.5 Å². The lowest BCUT2D eigenvalue weighted by atomic mass is 9.95. The van der Waals surface area contributed by atoms with Crippen molar-refractivity contribution in [3.05, 3.63) is 89.2 Å². The minimum atomic E-state index is -4.05. The van der Waals surface area contributed by atoms with Crippen molar-refractivity contribution in [1.29, 1.82) is 0 Å². The van der Waals surface area contributed by atoms with E-state index < -0.39 is 33.8 Å². The van der Waals surface area contributed by atoms with Crippen LogP contribution in [0.1, 0.15) is 29.7 Å². The summed E-state index contributed by atoms with van der Waals surface area (Å²) in [5, 5.41) is 2.95. The summed E-state index contributed by atoms with van der Waals surface area (Å²) in [5.74, 6) is 0.300. The number of carbonyl (C=O) groups excluding carboxylic acids is 1. The number of nitrogens with zero attached hydrogens (tertiary/aromatic N) is 1. The smallest absolute Gasteiger partial charge is 0.244 e. The second-order valence-corrected chi connectivity index (χ2v) is 10.2. The van der Waals surface area contributed by atoms with Gasteiger partial charge in [0.2, 0.25) is 22.7 Å². The van der Waals surface area contributed by atoms with E-state index in [1.165, 1.54) is 16.4 Å². The van der Waals surface area contributed by atoms with Gasteiger partial charge in [0.1, 0.15) is 11.9 Å². The first-order valence-electron chi connectivity index (χ1n) is 10.9. The lowest BCUT2D eigenvalue weighted by molar-refractivity contribution is -0.125. The summed E-state index contributed by atoms with van der Waals surface area (Å²) in [6.07, 6.45) is 0.232. The summed E-state index contributed by atoms with van der Waals surface area (Å²) in [5.41, 5.74) is 2.56. The van der Waals surface area contributed by atoms with Crippen LogP contribution in [-0.2, 0) is 27.8 Å². The first-order valence-corrected chi connectivity index (χ1v) is 12.3. The average Bonchev–Trinajstić information content (AvgIpc) is 3.31. The van der Waals surface area contributed by atoms with Crippen LogP contribution in [0.5, 0.6) is 11.5 Å². The second-order valence-electron chi connectivity index (χ2n) is 8.34. The molecular formula is C25H23FN2O5S. The number of halogens is 1. The number of sulfonamides is 1. The molecule has 34 heavy (non-hydrogen) atoms. The van der Waals surface area contributed by atoms with Crippen molar-refractivity contribution in [3.63, 3.8) is 0 Å². The Morgan fingerprint density at radius 3 is 2.50 bits per heavy atom. The molecule has 3 aromatic carbocycles. The van der Waals surface area contributed by atoms with Gasteiger partial charge in [0.05, 0.1) is 10.9 Å². The van der Waals surface area contributed by atoms with Crippen molar-refractivity contribution < 1.29 is 27.1 Å². The highest BCUT2D eigenvalue weighted by molar-refractivity contribution is 7.89. The number of fused-ring (bicyclic) bond motifs is 2. The molecule has 1 N–H and O–H groups in total. The molecular weight excluding hydrogens is 459 g/mol. The zero-order chi connectivity index (χ0) is 23.9. The van der Waals surface area contributed by atoms with Gasteiger partial charge in [-0.25, -0.2) is 12.8 Å². The van der Waals surface area contributed by atoms with Crippen molar-refractivity contribution >= 4 is 15.9 Å². The number of nitrogens with one attached hydrogen (secondary N) is 1. The fourth-order valence-electron chi connectivity index (χ4n) is 4.29. The molecule has 2 heterocycles. The molecule has 2 aliphatic heterocycles. The molecule has 0 aliphatic carbocycles. The Hall–Kier alpha value is -3.43. The molecule has 2 atom stereocenters. The van der Waals surface area contributed by atoms with Crippen LogP contribution in [0.25, 0.3) is 0 Å². The summed E-state index contributed by atoms with van der Waals surface area (Å²) in [7, 11) is -4.05. The highest BCUT2D eigenvalue weighted by Crippen LogP contribution is 2.34. The largest absolute Gasteiger partial charge is 0.454 e. The molecule has 2 aliphatic rings. The van der Waals surface area contributed by atoms with E-state index >= 15 is 0 Å². The predicted octanol–water partition coefficient (Wildman–Crippen LogP) is 3.55. The third-order valence-corrected chi connectivity index (χ3v) is 8.05. The van der Waals surface area contributed by atoms with Gasteiger partial charge < -0.3 is 14.8 Å². The van der Waals surface area contributed by atoms with Crippen LogP contribution in [0, 0.1) is 5.82 Å². The normalized spacial score (nSPS) is 18.2.